The van der Waals surface area contributed by atoms with Crippen LogP contribution in [0.15, 0.2) is 12.7 Å². The molecule has 0 aliphatic rings. The lowest BCUT2D eigenvalue weighted by atomic mass is 10.2. The lowest BCUT2D eigenvalue weighted by Crippen LogP contribution is -2.33. The maximum atomic E-state index is 11.1. The number of hydrogen-bond donors (Lipinski definition) is 1. The normalized spacial score (nSPS) is 13.7. The first-order valence-corrected chi connectivity index (χ1v) is 6.32. The molecule has 1 atom stereocenters. The maximum absolute atomic E-state index is 11.1. The molecule has 0 saturated heterocycles. The Balaban J connectivity index is 3.97. The average Bonchev–Trinajstić information content (AvgIpc) is 2.15. The van der Waals surface area contributed by atoms with Crippen LogP contribution in [0.25, 0.3) is 0 Å². The summed E-state index contributed by atoms with van der Waals surface area (Å²) >= 11 is 0. The van der Waals surface area contributed by atoms with Gasteiger partial charge in [-0.25, -0.2) is 13.6 Å². The van der Waals surface area contributed by atoms with Crippen molar-refractivity contribution in [1.29, 1.82) is 0 Å². The molecule has 0 amide bonds. The van der Waals surface area contributed by atoms with E-state index in [1.807, 2.05) is 0 Å². The Morgan fingerprint density at radius 1 is 1.47 bits per heavy atom. The summed E-state index contributed by atoms with van der Waals surface area (Å²) in [6.45, 7) is 4.45. The minimum atomic E-state index is -3.54. The van der Waals surface area contributed by atoms with Gasteiger partial charge in [0.25, 0.3) is 0 Å². The van der Waals surface area contributed by atoms with Crippen LogP contribution in [-0.4, -0.2) is 40.6 Å². The second kappa shape index (κ2) is 7.81. The van der Waals surface area contributed by atoms with Gasteiger partial charge in [0.1, 0.15) is 0 Å². The topological polar surface area (TPSA) is 78.6 Å². The van der Waals surface area contributed by atoms with E-state index < -0.39 is 15.3 Å². The van der Waals surface area contributed by atoms with Crippen molar-refractivity contribution in [2.24, 2.45) is 5.14 Å². The standard InChI is InChI=1S/C9H19NO4S/c1-3-4-5-9(15(10,11)12)8-14-7-6-13-2/h3,9H,1,4-8H2,2H3,(H2,10,11,12)/t9-/m1/s1. The minimum Gasteiger partial charge on any atom is -0.382 e. The third kappa shape index (κ3) is 7.49. The maximum Gasteiger partial charge on any atom is 0.214 e. The number of primary sulfonamides is 1. The van der Waals surface area contributed by atoms with Gasteiger partial charge >= 0.3 is 0 Å². The van der Waals surface area contributed by atoms with Crippen LogP contribution in [0.4, 0.5) is 0 Å². The van der Waals surface area contributed by atoms with Gasteiger partial charge in [0.15, 0.2) is 0 Å². The average molecular weight is 237 g/mol. The van der Waals surface area contributed by atoms with Crippen molar-refractivity contribution in [2.45, 2.75) is 18.1 Å². The summed E-state index contributed by atoms with van der Waals surface area (Å²) in [7, 11) is -1.98. The summed E-state index contributed by atoms with van der Waals surface area (Å²) in [5.41, 5.74) is 0. The van der Waals surface area contributed by atoms with Crippen LogP contribution < -0.4 is 5.14 Å². The molecule has 0 spiro atoms. The smallest absolute Gasteiger partial charge is 0.214 e. The fourth-order valence-electron chi connectivity index (χ4n) is 1.00. The second-order valence-electron chi connectivity index (χ2n) is 3.14. The largest absolute Gasteiger partial charge is 0.382 e. The lowest BCUT2D eigenvalue weighted by molar-refractivity contribution is 0.0699. The Hall–Kier alpha value is -0.430. The van der Waals surface area contributed by atoms with E-state index in [9.17, 15) is 8.42 Å². The fraction of sp³-hybridized carbons (Fsp3) is 0.778. The van der Waals surface area contributed by atoms with E-state index in [1.165, 1.54) is 0 Å². The summed E-state index contributed by atoms with van der Waals surface area (Å²) in [5.74, 6) is 0. The van der Waals surface area contributed by atoms with Crippen LogP contribution in [-0.2, 0) is 19.5 Å². The number of methoxy groups -OCH3 is 1. The highest BCUT2D eigenvalue weighted by atomic mass is 32.2. The highest BCUT2D eigenvalue weighted by molar-refractivity contribution is 7.89. The number of ether oxygens (including phenoxy) is 2. The predicted octanol–water partition coefficient (Wildman–Crippen LogP) is 0.273. The third-order valence-corrected chi connectivity index (χ3v) is 3.19. The van der Waals surface area contributed by atoms with Crippen molar-refractivity contribution in [2.75, 3.05) is 26.9 Å². The van der Waals surface area contributed by atoms with Crippen LogP contribution in [0.5, 0.6) is 0 Å². The van der Waals surface area contributed by atoms with Gasteiger partial charge in [-0.15, -0.1) is 6.58 Å². The van der Waals surface area contributed by atoms with E-state index in [0.29, 0.717) is 26.1 Å². The molecule has 0 rings (SSSR count). The highest BCUT2D eigenvalue weighted by Gasteiger charge is 2.20. The molecule has 0 radical (unpaired) electrons. The Morgan fingerprint density at radius 2 is 2.13 bits per heavy atom. The molecule has 6 heteroatoms. The molecule has 0 aromatic rings. The zero-order chi connectivity index (χ0) is 11.7. The first kappa shape index (κ1) is 14.6. The highest BCUT2D eigenvalue weighted by Crippen LogP contribution is 2.06. The van der Waals surface area contributed by atoms with Gasteiger partial charge in [-0.05, 0) is 12.8 Å². The van der Waals surface area contributed by atoms with Gasteiger partial charge in [-0.2, -0.15) is 0 Å². The minimum absolute atomic E-state index is 0.107. The molecule has 0 aromatic heterocycles. The summed E-state index contributed by atoms with van der Waals surface area (Å²) in [6, 6.07) is 0. The third-order valence-electron chi connectivity index (χ3n) is 1.89. The zero-order valence-corrected chi connectivity index (χ0v) is 9.83. The molecular weight excluding hydrogens is 218 g/mol. The Labute approximate surface area is 91.3 Å². The van der Waals surface area contributed by atoms with Crippen molar-refractivity contribution in [3.05, 3.63) is 12.7 Å². The molecule has 90 valence electrons. The second-order valence-corrected chi connectivity index (χ2v) is 4.99. The Morgan fingerprint density at radius 3 is 2.60 bits per heavy atom. The number of nitrogens with two attached hydrogens (primary N) is 1. The molecule has 0 aliphatic heterocycles. The van der Waals surface area contributed by atoms with E-state index in [4.69, 9.17) is 14.6 Å². The van der Waals surface area contributed by atoms with Crippen LogP contribution in [0, 0.1) is 0 Å². The quantitative estimate of drug-likeness (QED) is 0.461. The number of hydrogen-bond acceptors (Lipinski definition) is 4. The van der Waals surface area contributed by atoms with Crippen molar-refractivity contribution in [3.8, 4) is 0 Å². The summed E-state index contributed by atoms with van der Waals surface area (Å²) < 4.78 is 32.2. The van der Waals surface area contributed by atoms with Gasteiger partial charge in [0.05, 0.1) is 25.1 Å². The van der Waals surface area contributed by atoms with Crippen LogP contribution >= 0.6 is 0 Å². The van der Waals surface area contributed by atoms with Gasteiger partial charge in [0.2, 0.25) is 10.0 Å². The van der Waals surface area contributed by atoms with Gasteiger partial charge in [0, 0.05) is 7.11 Å². The van der Waals surface area contributed by atoms with E-state index >= 15 is 0 Å². The SMILES string of the molecule is C=CCC[C@H](COCCOC)S(N)(=O)=O. The fourth-order valence-corrected chi connectivity index (χ4v) is 1.75. The molecule has 5 nitrogen and oxygen atoms in total. The molecule has 15 heavy (non-hydrogen) atoms. The van der Waals surface area contributed by atoms with Gasteiger partial charge in [-0.1, -0.05) is 6.08 Å². The van der Waals surface area contributed by atoms with Crippen LogP contribution in [0.3, 0.4) is 0 Å². The Kier molecular flexibility index (Phi) is 7.59. The molecule has 0 unspecified atom stereocenters. The van der Waals surface area contributed by atoms with E-state index in [-0.39, 0.29) is 6.61 Å². The van der Waals surface area contributed by atoms with E-state index in [0.717, 1.165) is 0 Å². The molecule has 2 N–H and O–H groups in total. The predicted molar refractivity (Wildman–Crippen MR) is 59.0 cm³/mol. The zero-order valence-electron chi connectivity index (χ0n) is 9.02. The van der Waals surface area contributed by atoms with Gasteiger partial charge < -0.3 is 9.47 Å². The number of rotatable bonds is 9. The molecule has 0 heterocycles. The summed E-state index contributed by atoms with van der Waals surface area (Å²) in [4.78, 5) is 0. The molecule has 0 bridgehead atoms. The number of allylic oxidation sites excluding steroid dienone is 1. The molecule has 0 aliphatic carbocycles. The first-order valence-electron chi connectivity index (χ1n) is 4.71. The summed E-state index contributed by atoms with van der Waals surface area (Å²) in [6.07, 6.45) is 2.71. The van der Waals surface area contributed by atoms with Crippen LogP contribution in [0.2, 0.25) is 0 Å². The van der Waals surface area contributed by atoms with Crippen molar-refractivity contribution in [3.63, 3.8) is 0 Å². The number of sulfonamides is 1. The van der Waals surface area contributed by atoms with Gasteiger partial charge in [-0.3, -0.25) is 0 Å². The van der Waals surface area contributed by atoms with E-state index in [2.05, 4.69) is 6.58 Å². The Bertz CT molecular complexity index is 263. The summed E-state index contributed by atoms with van der Waals surface area (Å²) in [5, 5.41) is 4.40. The molecule has 0 fully saturated rings. The van der Waals surface area contributed by atoms with Crippen molar-refractivity contribution < 1.29 is 17.9 Å². The molecule has 0 saturated carbocycles. The van der Waals surface area contributed by atoms with Crippen molar-refractivity contribution in [1.82, 2.24) is 0 Å². The monoisotopic (exact) mass is 237 g/mol. The lowest BCUT2D eigenvalue weighted by Gasteiger charge is -2.13. The molecule has 0 aromatic carbocycles. The first-order chi connectivity index (χ1) is 7.02. The van der Waals surface area contributed by atoms with Crippen molar-refractivity contribution >= 4 is 10.0 Å². The van der Waals surface area contributed by atoms with Crippen LogP contribution in [0.1, 0.15) is 12.8 Å². The van der Waals surface area contributed by atoms with E-state index in [1.54, 1.807) is 13.2 Å². The molecular formula is C9H19NO4S.